The van der Waals surface area contributed by atoms with Crippen molar-refractivity contribution in [2.24, 2.45) is 0 Å². The average molecular weight is 188 g/mol. The zero-order chi connectivity index (χ0) is 9.80. The highest BCUT2D eigenvalue weighted by atomic mass is 16.5. The van der Waals surface area contributed by atoms with Crippen molar-refractivity contribution in [2.75, 3.05) is 6.61 Å². The Hall–Kier alpha value is -0.980. The fourth-order valence-corrected chi connectivity index (χ4v) is 1.75. The van der Waals surface area contributed by atoms with Crippen LogP contribution >= 0.6 is 0 Å². The van der Waals surface area contributed by atoms with Crippen molar-refractivity contribution in [1.29, 1.82) is 0 Å². The third-order valence-electron chi connectivity index (χ3n) is 2.56. The first-order valence-corrected chi connectivity index (χ1v) is 5.40. The third-order valence-corrected chi connectivity index (χ3v) is 2.56. The van der Waals surface area contributed by atoms with Crippen LogP contribution in [0, 0.1) is 6.42 Å². The lowest BCUT2D eigenvalue weighted by Crippen LogP contribution is -1.98. The summed E-state index contributed by atoms with van der Waals surface area (Å²) in [5.74, 6) is 1.02. The van der Waals surface area contributed by atoms with Gasteiger partial charge in [0, 0.05) is 12.0 Å². The molecular weight excluding hydrogens is 172 g/mol. The Kier molecular flexibility index (Phi) is 3.07. The summed E-state index contributed by atoms with van der Waals surface area (Å²) in [5.41, 5.74) is 2.60. The van der Waals surface area contributed by atoms with Gasteiger partial charge < -0.3 is 4.74 Å². The maximum absolute atomic E-state index is 5.73. The molecule has 0 unspecified atom stereocenters. The van der Waals surface area contributed by atoms with Crippen LogP contribution in [0.1, 0.15) is 37.3 Å². The fraction of sp³-hybridized carbons (Fsp3) is 0.462. The average Bonchev–Trinajstić information content (AvgIpc) is 2.67. The first kappa shape index (κ1) is 9.57. The molecule has 1 nitrogen and oxygen atoms in total. The second-order valence-electron chi connectivity index (χ2n) is 3.67. The van der Waals surface area contributed by atoms with Gasteiger partial charge in [0.1, 0.15) is 5.75 Å². The molecule has 1 aliphatic carbocycles. The van der Waals surface area contributed by atoms with Crippen molar-refractivity contribution in [3.63, 3.8) is 0 Å². The van der Waals surface area contributed by atoms with Crippen LogP contribution in [0.2, 0.25) is 0 Å². The zero-order valence-electron chi connectivity index (χ0n) is 8.68. The van der Waals surface area contributed by atoms with Gasteiger partial charge in [0.25, 0.3) is 0 Å². The van der Waals surface area contributed by atoms with Crippen LogP contribution in [-0.4, -0.2) is 6.61 Å². The van der Waals surface area contributed by atoms with Crippen LogP contribution in [-0.2, 0) is 6.42 Å². The normalized spacial score (nSPS) is 14.1. The van der Waals surface area contributed by atoms with E-state index in [1.54, 1.807) is 0 Å². The van der Waals surface area contributed by atoms with E-state index in [4.69, 9.17) is 4.74 Å². The molecule has 0 atom stereocenters. The van der Waals surface area contributed by atoms with Crippen LogP contribution in [0.4, 0.5) is 0 Å². The molecule has 0 aromatic heterocycles. The highest BCUT2D eigenvalue weighted by molar-refractivity contribution is 5.48. The van der Waals surface area contributed by atoms with E-state index in [2.05, 4.69) is 25.5 Å². The molecule has 0 amide bonds. The van der Waals surface area contributed by atoms with Crippen molar-refractivity contribution >= 4 is 0 Å². The van der Waals surface area contributed by atoms with Crippen molar-refractivity contribution in [3.8, 4) is 5.75 Å². The van der Waals surface area contributed by atoms with E-state index in [1.165, 1.54) is 17.5 Å². The van der Waals surface area contributed by atoms with E-state index in [1.807, 2.05) is 6.07 Å². The molecule has 1 aromatic rings. The largest absolute Gasteiger partial charge is 0.493 e. The Morgan fingerprint density at radius 2 is 2.36 bits per heavy atom. The van der Waals surface area contributed by atoms with E-state index in [0.29, 0.717) is 0 Å². The molecule has 0 saturated carbocycles. The van der Waals surface area contributed by atoms with Crippen LogP contribution in [0.5, 0.6) is 5.75 Å². The van der Waals surface area contributed by atoms with Crippen LogP contribution < -0.4 is 4.74 Å². The van der Waals surface area contributed by atoms with E-state index < -0.39 is 0 Å². The monoisotopic (exact) mass is 188 g/mol. The van der Waals surface area contributed by atoms with Gasteiger partial charge in [-0.15, -0.1) is 0 Å². The minimum atomic E-state index is 0.828. The lowest BCUT2D eigenvalue weighted by Gasteiger charge is -2.09. The molecule has 0 bridgehead atoms. The molecular formula is C13H16O. The van der Waals surface area contributed by atoms with E-state index in [9.17, 15) is 0 Å². The number of fused-ring (bicyclic) bond motifs is 1. The maximum atomic E-state index is 5.73. The number of unbranched alkanes of at least 4 members (excludes halogenated alkanes) is 1. The standard InChI is InChI=1S/C13H16O/c1-2-3-10-14-13-9-5-7-11-6-4-8-12(11)13/h5,7,9H,2-4,6,10H2,1H3. The number of hydrogen-bond acceptors (Lipinski definition) is 1. The predicted octanol–water partition coefficient (Wildman–Crippen LogP) is 3.24. The van der Waals surface area contributed by atoms with Gasteiger partial charge in [-0.05, 0) is 30.9 Å². The van der Waals surface area contributed by atoms with Gasteiger partial charge in [-0.25, -0.2) is 0 Å². The van der Waals surface area contributed by atoms with Crippen LogP contribution in [0.15, 0.2) is 18.2 Å². The molecule has 0 saturated heterocycles. The predicted molar refractivity (Wildman–Crippen MR) is 57.5 cm³/mol. The third kappa shape index (κ3) is 1.92. The Labute approximate surface area is 86.1 Å². The Balaban J connectivity index is 2.06. The van der Waals surface area contributed by atoms with E-state index >= 15 is 0 Å². The van der Waals surface area contributed by atoms with Gasteiger partial charge in [-0.3, -0.25) is 0 Å². The summed E-state index contributed by atoms with van der Waals surface area (Å²) in [4.78, 5) is 0. The zero-order valence-corrected chi connectivity index (χ0v) is 8.68. The molecule has 0 N–H and O–H groups in total. The molecule has 0 heterocycles. The summed E-state index contributed by atoms with van der Waals surface area (Å²) in [7, 11) is 0. The topological polar surface area (TPSA) is 9.23 Å². The Morgan fingerprint density at radius 1 is 1.43 bits per heavy atom. The summed E-state index contributed by atoms with van der Waals surface area (Å²) in [6.45, 7) is 3.01. The minimum absolute atomic E-state index is 0.828. The first-order valence-electron chi connectivity index (χ1n) is 5.40. The highest BCUT2D eigenvalue weighted by Gasteiger charge is 2.15. The second kappa shape index (κ2) is 4.50. The molecule has 0 fully saturated rings. The number of rotatable bonds is 4. The summed E-state index contributed by atoms with van der Waals surface area (Å²) in [6, 6.07) is 6.29. The molecule has 1 aliphatic rings. The molecule has 14 heavy (non-hydrogen) atoms. The molecule has 1 heteroatoms. The van der Waals surface area contributed by atoms with Crippen molar-refractivity contribution in [1.82, 2.24) is 0 Å². The molecule has 0 spiro atoms. The quantitative estimate of drug-likeness (QED) is 0.659. The lowest BCUT2D eigenvalue weighted by molar-refractivity contribution is 0.308. The van der Waals surface area contributed by atoms with Gasteiger partial charge in [-0.2, -0.15) is 0 Å². The minimum Gasteiger partial charge on any atom is -0.493 e. The van der Waals surface area contributed by atoms with Gasteiger partial charge in [0.2, 0.25) is 0 Å². The van der Waals surface area contributed by atoms with Crippen molar-refractivity contribution in [2.45, 2.75) is 32.6 Å². The highest BCUT2D eigenvalue weighted by Crippen LogP contribution is 2.31. The molecule has 1 aromatic carbocycles. The molecule has 74 valence electrons. The summed E-state index contributed by atoms with van der Waals surface area (Å²) >= 11 is 0. The molecule has 0 aliphatic heterocycles. The second-order valence-corrected chi connectivity index (χ2v) is 3.67. The van der Waals surface area contributed by atoms with Gasteiger partial charge >= 0.3 is 0 Å². The molecule has 2 rings (SSSR count). The number of aryl methyl sites for hydroxylation is 1. The summed E-state index contributed by atoms with van der Waals surface area (Å²) in [6.07, 6.45) is 7.85. The van der Waals surface area contributed by atoms with E-state index in [-0.39, 0.29) is 0 Å². The van der Waals surface area contributed by atoms with Crippen molar-refractivity contribution in [3.05, 3.63) is 35.7 Å². The maximum Gasteiger partial charge on any atom is 0.123 e. The smallest absolute Gasteiger partial charge is 0.123 e. The molecule has 2 radical (unpaired) electrons. The lowest BCUT2D eigenvalue weighted by atomic mass is 10.1. The number of hydrogen-bond donors (Lipinski definition) is 0. The van der Waals surface area contributed by atoms with Crippen LogP contribution in [0.25, 0.3) is 0 Å². The van der Waals surface area contributed by atoms with Crippen LogP contribution in [0.3, 0.4) is 0 Å². The Bertz CT molecular complexity index is 304. The van der Waals surface area contributed by atoms with Crippen molar-refractivity contribution < 1.29 is 4.74 Å². The summed E-state index contributed by atoms with van der Waals surface area (Å²) < 4.78 is 5.73. The first-order chi connectivity index (χ1) is 6.92. The number of ether oxygens (including phenoxy) is 1. The summed E-state index contributed by atoms with van der Waals surface area (Å²) in [5, 5.41) is 0. The number of benzene rings is 1. The SMILES string of the molecule is CCCCOc1cccc2c1[C]CC2. The van der Waals surface area contributed by atoms with Gasteiger partial charge in [0.15, 0.2) is 0 Å². The van der Waals surface area contributed by atoms with Gasteiger partial charge in [0.05, 0.1) is 6.61 Å². The Morgan fingerprint density at radius 3 is 3.21 bits per heavy atom. The van der Waals surface area contributed by atoms with Gasteiger partial charge in [-0.1, -0.05) is 25.5 Å². The van der Waals surface area contributed by atoms with E-state index in [0.717, 1.165) is 31.6 Å². The fourth-order valence-electron chi connectivity index (χ4n) is 1.75.